The normalized spacial score (nSPS) is 14.4. The zero-order valence-electron chi connectivity index (χ0n) is 42.2. The van der Waals surface area contributed by atoms with Gasteiger partial charge in [0.05, 0.1) is 22.9 Å². The number of hydrogen-bond donors (Lipinski definition) is 0. The van der Waals surface area contributed by atoms with Gasteiger partial charge in [-0.05, 0) is 142 Å². The number of benzene rings is 5. The average Bonchev–Trinajstić information content (AvgIpc) is 3.82. The molecule has 3 heterocycles. The average molecular weight is 785 g/mol. The number of aromatic nitrogens is 4. The highest BCUT2D eigenvalue weighted by molar-refractivity contribution is 6.09. The van der Waals surface area contributed by atoms with Gasteiger partial charge in [0.2, 0.25) is 0 Å². The van der Waals surface area contributed by atoms with Crippen molar-refractivity contribution in [1.29, 1.82) is 0 Å². The number of hydrogen-bond acceptors (Lipinski definition) is 3. The Kier molecular flexibility index (Phi) is 8.05. The molecule has 8 rings (SSSR count). The Hall–Kier alpha value is -5.94. The van der Waals surface area contributed by atoms with Gasteiger partial charge in [-0.25, -0.2) is 9.67 Å². The first kappa shape index (κ1) is 33.0. The van der Waals surface area contributed by atoms with Crippen LogP contribution in [0.3, 0.4) is 0 Å². The lowest BCUT2D eigenvalue weighted by Gasteiger charge is -2.22. The summed E-state index contributed by atoms with van der Waals surface area (Å²) in [7, 11) is 0. The second-order valence-corrected chi connectivity index (χ2v) is 19.1. The molecule has 0 fully saturated rings. The molecule has 5 nitrogen and oxygen atoms in total. The van der Waals surface area contributed by atoms with E-state index in [9.17, 15) is 0 Å². The molecule has 5 heteroatoms. The van der Waals surface area contributed by atoms with Crippen LogP contribution in [0.25, 0.3) is 55.6 Å². The monoisotopic (exact) mass is 784 g/mol. The predicted molar refractivity (Wildman–Crippen MR) is 248 cm³/mol. The van der Waals surface area contributed by atoms with Crippen LogP contribution < -0.4 is 4.74 Å². The summed E-state index contributed by atoms with van der Waals surface area (Å²) in [5, 5.41) is 6.85. The molecule has 0 aliphatic rings. The van der Waals surface area contributed by atoms with E-state index in [-0.39, 0.29) is 16.2 Å². The minimum atomic E-state index is -2.33. The lowest BCUT2D eigenvalue weighted by Crippen LogP contribution is -2.12. The fourth-order valence-corrected chi connectivity index (χ4v) is 8.10. The molecule has 8 aromatic rings. The highest BCUT2D eigenvalue weighted by Crippen LogP contribution is 2.39. The van der Waals surface area contributed by atoms with Gasteiger partial charge in [-0.1, -0.05) is 105 Å². The number of para-hydroxylation sites is 1. The summed E-state index contributed by atoms with van der Waals surface area (Å²) in [6.07, 6.45) is 5.38. The number of nitrogens with zero attached hydrogens (tertiary/aromatic N) is 4. The summed E-state index contributed by atoms with van der Waals surface area (Å²) in [4.78, 5) is 4.89. The van der Waals surface area contributed by atoms with Gasteiger partial charge < -0.3 is 4.74 Å². The number of pyridine rings is 1. The van der Waals surface area contributed by atoms with Crippen LogP contribution in [0.2, 0.25) is 0 Å². The largest absolute Gasteiger partial charge is 0.457 e. The van der Waals surface area contributed by atoms with Crippen molar-refractivity contribution in [3.8, 4) is 45.3 Å². The van der Waals surface area contributed by atoms with Gasteiger partial charge in [0.1, 0.15) is 17.3 Å². The summed E-state index contributed by atoms with van der Waals surface area (Å²) in [6.45, 7) is 18.3. The van der Waals surface area contributed by atoms with Crippen molar-refractivity contribution >= 4 is 21.8 Å². The number of ether oxygens (including phenoxy) is 1. The highest BCUT2D eigenvalue weighted by atomic mass is 16.5. The van der Waals surface area contributed by atoms with Gasteiger partial charge in [-0.3, -0.25) is 4.57 Å². The van der Waals surface area contributed by atoms with Gasteiger partial charge in [-0.2, -0.15) is 5.10 Å². The molecule has 0 atom stereocenters. The topological polar surface area (TPSA) is 44.9 Å². The molecular formula is C54H58N4O. The summed E-state index contributed by atoms with van der Waals surface area (Å²) >= 11 is 0. The molecule has 5 aromatic carbocycles. The van der Waals surface area contributed by atoms with Gasteiger partial charge in [0, 0.05) is 49.1 Å². The van der Waals surface area contributed by atoms with E-state index in [1.807, 2.05) is 74.6 Å². The van der Waals surface area contributed by atoms with E-state index < -0.39 is 13.7 Å². The Morgan fingerprint density at radius 2 is 1.15 bits per heavy atom. The minimum Gasteiger partial charge on any atom is -0.457 e. The third kappa shape index (κ3) is 7.60. The van der Waals surface area contributed by atoms with Gasteiger partial charge in [0.15, 0.2) is 0 Å². The van der Waals surface area contributed by atoms with E-state index in [1.165, 1.54) is 0 Å². The number of rotatable bonds is 6. The molecule has 0 bridgehead atoms. The second kappa shape index (κ2) is 14.4. The van der Waals surface area contributed by atoms with Crippen molar-refractivity contribution in [2.24, 2.45) is 0 Å². The molecule has 0 saturated heterocycles. The summed E-state index contributed by atoms with van der Waals surface area (Å²) in [5.41, 5.74) is 10.2. The third-order valence-corrected chi connectivity index (χ3v) is 11.4. The first-order valence-corrected chi connectivity index (χ1v) is 20.4. The van der Waals surface area contributed by atoms with Crippen molar-refractivity contribution in [1.82, 2.24) is 19.3 Å². The first-order valence-electron chi connectivity index (χ1n) is 23.4. The number of aryl methyl sites for hydroxylation is 4. The Morgan fingerprint density at radius 1 is 0.559 bits per heavy atom. The van der Waals surface area contributed by atoms with Crippen LogP contribution in [-0.4, -0.2) is 19.3 Å². The lowest BCUT2D eigenvalue weighted by molar-refractivity contribution is 0.478. The minimum absolute atomic E-state index is 0.216. The van der Waals surface area contributed by atoms with E-state index in [0.29, 0.717) is 39.6 Å². The van der Waals surface area contributed by atoms with Crippen molar-refractivity contribution in [3.05, 3.63) is 155 Å². The van der Waals surface area contributed by atoms with Crippen molar-refractivity contribution in [2.45, 2.75) is 106 Å². The van der Waals surface area contributed by atoms with E-state index in [1.54, 1.807) is 17.1 Å². The Morgan fingerprint density at radius 3 is 1.80 bits per heavy atom. The molecule has 0 amide bonds. The van der Waals surface area contributed by atoms with E-state index >= 15 is 0 Å². The van der Waals surface area contributed by atoms with Gasteiger partial charge in [0.25, 0.3) is 0 Å². The van der Waals surface area contributed by atoms with Crippen LogP contribution >= 0.6 is 0 Å². The molecule has 3 aromatic heterocycles. The summed E-state index contributed by atoms with van der Waals surface area (Å²) < 4.78 is 61.8. The Balaban J connectivity index is 1.22. The Bertz CT molecular complexity index is 3130. The SMILES string of the molecule is [2H]C([2H])([2H])c1cc(C(C)(C)C)cc(C)c1-c1ccnc(-n2c3ccccc3c3ccc(Oc4cc(-n5cc(-c6c(C)cc(C(C)(C)C)cc6C([2H])([2H])[2H])cn5)cc(C(C)(C)C)c4)cc32)c1. The maximum atomic E-state index is 8.57. The molecular weight excluding hydrogens is 721 g/mol. The predicted octanol–water partition coefficient (Wildman–Crippen LogP) is 14.6. The van der Waals surface area contributed by atoms with Crippen LogP contribution in [-0.2, 0) is 16.2 Å². The van der Waals surface area contributed by atoms with Crippen LogP contribution in [0.4, 0.5) is 0 Å². The zero-order chi connectivity index (χ0) is 47.2. The van der Waals surface area contributed by atoms with Crippen LogP contribution in [0.15, 0.2) is 116 Å². The Labute approximate surface area is 359 Å². The fourth-order valence-electron chi connectivity index (χ4n) is 8.10. The van der Waals surface area contributed by atoms with E-state index in [0.717, 1.165) is 66.4 Å². The van der Waals surface area contributed by atoms with E-state index in [4.69, 9.17) is 23.0 Å². The standard InChI is InChI=1S/C54H58N4O/c1-33-22-39(52(5,6)7)23-34(2)50(33)37-20-21-55-49(26-37)58-47-17-15-14-16-45(47)46-19-18-43(30-48(46)58)59-44-28-41(54(11,12)13)27-42(29-44)57-32-38(31-56-57)51-35(3)24-40(25-36(51)4)53(8,9)10/h14-32H,1-13H3/i1D3,3D3. The molecule has 0 saturated carbocycles. The van der Waals surface area contributed by atoms with Crippen LogP contribution in [0.1, 0.15) is 109 Å². The zero-order valence-corrected chi connectivity index (χ0v) is 36.2. The second-order valence-electron chi connectivity index (χ2n) is 19.1. The maximum Gasteiger partial charge on any atom is 0.138 e. The smallest absolute Gasteiger partial charge is 0.138 e. The summed E-state index contributed by atoms with van der Waals surface area (Å²) in [5.74, 6) is 1.89. The number of fused-ring (bicyclic) bond motifs is 3. The van der Waals surface area contributed by atoms with Crippen LogP contribution in [0, 0.1) is 27.6 Å². The third-order valence-electron chi connectivity index (χ3n) is 11.4. The van der Waals surface area contributed by atoms with Crippen LogP contribution in [0.5, 0.6) is 11.5 Å². The molecule has 0 radical (unpaired) electrons. The molecule has 0 unspecified atom stereocenters. The quantitative estimate of drug-likeness (QED) is 0.169. The van der Waals surface area contributed by atoms with Crippen molar-refractivity contribution < 1.29 is 13.0 Å². The van der Waals surface area contributed by atoms with Crippen molar-refractivity contribution in [3.63, 3.8) is 0 Å². The molecule has 0 aliphatic carbocycles. The molecule has 300 valence electrons. The van der Waals surface area contributed by atoms with Gasteiger partial charge >= 0.3 is 0 Å². The molecule has 0 spiro atoms. The van der Waals surface area contributed by atoms with Crippen molar-refractivity contribution in [2.75, 3.05) is 0 Å². The lowest BCUT2D eigenvalue weighted by atomic mass is 9.83. The maximum absolute atomic E-state index is 8.57. The fraction of sp³-hybridized carbons (Fsp3) is 0.296. The highest BCUT2D eigenvalue weighted by Gasteiger charge is 2.22. The molecule has 0 aliphatic heterocycles. The van der Waals surface area contributed by atoms with Gasteiger partial charge in [-0.15, -0.1) is 0 Å². The summed E-state index contributed by atoms with van der Waals surface area (Å²) in [6, 6.07) is 32.1. The first-order chi connectivity index (χ1) is 30.2. The molecule has 0 N–H and O–H groups in total. The van der Waals surface area contributed by atoms with E-state index in [2.05, 4.69) is 109 Å². The molecule has 59 heavy (non-hydrogen) atoms.